The van der Waals surface area contributed by atoms with Gasteiger partial charge in [0.2, 0.25) is 0 Å². The molecule has 8 heteroatoms. The van der Waals surface area contributed by atoms with Crippen molar-refractivity contribution in [2.45, 2.75) is 25.5 Å². The summed E-state index contributed by atoms with van der Waals surface area (Å²) in [4.78, 5) is 16.7. The van der Waals surface area contributed by atoms with Crippen molar-refractivity contribution in [3.05, 3.63) is 28.9 Å². The third-order valence-electron chi connectivity index (χ3n) is 3.49. The van der Waals surface area contributed by atoms with Gasteiger partial charge in [0.1, 0.15) is 6.33 Å². The van der Waals surface area contributed by atoms with Gasteiger partial charge in [-0.15, -0.1) is 10.2 Å². The first-order valence-corrected chi connectivity index (χ1v) is 6.50. The molecule has 0 aromatic carbocycles. The average Bonchev–Trinajstić information content (AvgIpc) is 3.12. The molecule has 4 rings (SSSR count). The number of nitrogens with zero attached hydrogens (tertiary/aromatic N) is 6. The van der Waals surface area contributed by atoms with E-state index in [-0.39, 0.29) is 17.2 Å². The summed E-state index contributed by atoms with van der Waals surface area (Å²) in [5.41, 5.74) is 1.01. The van der Waals surface area contributed by atoms with Crippen LogP contribution in [0.1, 0.15) is 12.8 Å². The summed E-state index contributed by atoms with van der Waals surface area (Å²) in [6.07, 6.45) is 5.20. The fraction of sp³-hybridized carbons (Fsp3) is 0.417. The fourth-order valence-electron chi connectivity index (χ4n) is 2.49. The first kappa shape index (κ1) is 11.5. The lowest BCUT2D eigenvalue weighted by Crippen LogP contribution is -2.28. The van der Waals surface area contributed by atoms with Crippen molar-refractivity contribution >= 4 is 16.8 Å². The number of fused-ring (bicyclic) bond motifs is 3. The van der Waals surface area contributed by atoms with E-state index in [0.717, 1.165) is 19.4 Å². The molecule has 0 saturated carbocycles. The van der Waals surface area contributed by atoms with E-state index in [4.69, 9.17) is 4.74 Å². The topological polar surface area (TPSA) is 87.2 Å². The van der Waals surface area contributed by atoms with Crippen molar-refractivity contribution in [2.75, 3.05) is 6.61 Å². The second kappa shape index (κ2) is 4.34. The van der Waals surface area contributed by atoms with Crippen LogP contribution in [0.4, 0.5) is 0 Å². The van der Waals surface area contributed by atoms with Crippen LogP contribution in [0.2, 0.25) is 0 Å². The standard InChI is InChI=1S/C12H12N6O2/c19-12-10-11(18-9(15-16-10)3-4-14-18)13-7-17(12)6-8-2-1-5-20-8/h3-4,7-8H,1-2,5-6H2. The molecule has 3 aromatic heterocycles. The molecule has 0 radical (unpaired) electrons. The van der Waals surface area contributed by atoms with Gasteiger partial charge in [-0.3, -0.25) is 9.36 Å². The molecule has 0 bridgehead atoms. The van der Waals surface area contributed by atoms with Crippen molar-refractivity contribution < 1.29 is 4.74 Å². The zero-order valence-corrected chi connectivity index (χ0v) is 10.6. The fourth-order valence-corrected chi connectivity index (χ4v) is 2.49. The van der Waals surface area contributed by atoms with E-state index in [2.05, 4.69) is 20.3 Å². The van der Waals surface area contributed by atoms with Crippen LogP contribution in [-0.2, 0) is 11.3 Å². The van der Waals surface area contributed by atoms with E-state index < -0.39 is 0 Å². The molecule has 0 N–H and O–H groups in total. The van der Waals surface area contributed by atoms with Gasteiger partial charge in [-0.25, -0.2) is 4.98 Å². The zero-order valence-electron chi connectivity index (χ0n) is 10.6. The molecule has 0 aliphatic carbocycles. The van der Waals surface area contributed by atoms with Gasteiger partial charge in [0.25, 0.3) is 5.56 Å². The Kier molecular flexibility index (Phi) is 2.49. The lowest BCUT2D eigenvalue weighted by Gasteiger charge is -2.11. The smallest absolute Gasteiger partial charge is 0.283 e. The molecule has 1 saturated heterocycles. The third-order valence-corrected chi connectivity index (χ3v) is 3.49. The molecular formula is C12H12N6O2. The van der Waals surface area contributed by atoms with Gasteiger partial charge in [-0.2, -0.15) is 9.61 Å². The second-order valence-electron chi connectivity index (χ2n) is 4.81. The quantitative estimate of drug-likeness (QED) is 0.653. The highest BCUT2D eigenvalue weighted by Gasteiger charge is 2.18. The van der Waals surface area contributed by atoms with E-state index >= 15 is 0 Å². The van der Waals surface area contributed by atoms with E-state index in [1.807, 2.05) is 0 Å². The summed E-state index contributed by atoms with van der Waals surface area (Å²) in [5, 5.41) is 12.0. The molecule has 0 spiro atoms. The summed E-state index contributed by atoms with van der Waals surface area (Å²) in [7, 11) is 0. The van der Waals surface area contributed by atoms with Crippen LogP contribution in [0, 0.1) is 0 Å². The van der Waals surface area contributed by atoms with Crippen LogP contribution in [-0.4, -0.2) is 42.1 Å². The molecule has 1 atom stereocenters. The molecule has 1 unspecified atom stereocenters. The van der Waals surface area contributed by atoms with Gasteiger partial charge >= 0.3 is 0 Å². The van der Waals surface area contributed by atoms with Crippen LogP contribution in [0.25, 0.3) is 16.8 Å². The summed E-state index contributed by atoms with van der Waals surface area (Å²) in [6, 6.07) is 1.71. The lowest BCUT2D eigenvalue weighted by molar-refractivity contribution is 0.0960. The highest BCUT2D eigenvalue weighted by molar-refractivity contribution is 5.70. The first-order valence-electron chi connectivity index (χ1n) is 6.50. The normalized spacial score (nSPS) is 19.1. The number of hydrogen-bond acceptors (Lipinski definition) is 6. The maximum Gasteiger partial charge on any atom is 0.283 e. The summed E-state index contributed by atoms with van der Waals surface area (Å²) < 4.78 is 8.58. The minimum atomic E-state index is -0.213. The van der Waals surface area contributed by atoms with E-state index in [0.29, 0.717) is 17.8 Å². The van der Waals surface area contributed by atoms with Crippen LogP contribution < -0.4 is 5.56 Å². The third kappa shape index (κ3) is 1.68. The predicted molar refractivity (Wildman–Crippen MR) is 69.3 cm³/mol. The number of rotatable bonds is 2. The van der Waals surface area contributed by atoms with Gasteiger partial charge < -0.3 is 4.74 Å². The Bertz CT molecular complexity index is 833. The Hall–Kier alpha value is -2.35. The van der Waals surface area contributed by atoms with Gasteiger partial charge in [-0.1, -0.05) is 0 Å². The van der Waals surface area contributed by atoms with E-state index in [1.165, 1.54) is 15.4 Å². The van der Waals surface area contributed by atoms with Crippen LogP contribution in [0.15, 0.2) is 23.4 Å². The molecule has 4 heterocycles. The largest absolute Gasteiger partial charge is 0.376 e. The molecule has 102 valence electrons. The molecule has 1 fully saturated rings. The number of aromatic nitrogens is 6. The highest BCUT2D eigenvalue weighted by Crippen LogP contribution is 2.13. The minimum Gasteiger partial charge on any atom is -0.376 e. The molecule has 1 aliphatic heterocycles. The molecule has 3 aromatic rings. The van der Waals surface area contributed by atoms with Crippen LogP contribution >= 0.6 is 0 Å². The molecular weight excluding hydrogens is 260 g/mol. The Morgan fingerprint density at radius 3 is 3.20 bits per heavy atom. The van der Waals surface area contributed by atoms with Crippen molar-refractivity contribution in [3.63, 3.8) is 0 Å². The van der Waals surface area contributed by atoms with Gasteiger partial charge in [0.15, 0.2) is 16.8 Å². The maximum absolute atomic E-state index is 12.4. The summed E-state index contributed by atoms with van der Waals surface area (Å²) in [6.45, 7) is 1.26. The van der Waals surface area contributed by atoms with Gasteiger partial charge in [0, 0.05) is 12.7 Å². The first-order chi connectivity index (χ1) is 9.83. The van der Waals surface area contributed by atoms with Crippen molar-refractivity contribution in [2.24, 2.45) is 0 Å². The molecule has 0 amide bonds. The summed E-state index contributed by atoms with van der Waals surface area (Å²) >= 11 is 0. The monoisotopic (exact) mass is 272 g/mol. The van der Waals surface area contributed by atoms with Crippen molar-refractivity contribution in [1.82, 2.24) is 29.4 Å². The van der Waals surface area contributed by atoms with Crippen LogP contribution in [0.3, 0.4) is 0 Å². The minimum absolute atomic E-state index is 0.0772. The van der Waals surface area contributed by atoms with E-state index in [1.54, 1.807) is 12.3 Å². The Morgan fingerprint density at radius 2 is 2.35 bits per heavy atom. The van der Waals surface area contributed by atoms with Gasteiger partial charge in [0.05, 0.1) is 18.8 Å². The predicted octanol–water partition coefficient (Wildman–Crippen LogP) is 0.0132. The average molecular weight is 272 g/mol. The van der Waals surface area contributed by atoms with Crippen molar-refractivity contribution in [1.29, 1.82) is 0 Å². The highest BCUT2D eigenvalue weighted by atomic mass is 16.5. The van der Waals surface area contributed by atoms with E-state index in [9.17, 15) is 4.79 Å². The van der Waals surface area contributed by atoms with Gasteiger partial charge in [-0.05, 0) is 12.8 Å². The van der Waals surface area contributed by atoms with Crippen LogP contribution in [0.5, 0.6) is 0 Å². The Balaban J connectivity index is 1.85. The zero-order chi connectivity index (χ0) is 13.5. The lowest BCUT2D eigenvalue weighted by atomic mass is 10.2. The molecule has 20 heavy (non-hydrogen) atoms. The Labute approximate surface area is 113 Å². The maximum atomic E-state index is 12.4. The SMILES string of the molecule is O=c1c2nnc3ccnn3c2ncn1CC1CCCO1. The Morgan fingerprint density at radius 1 is 1.40 bits per heavy atom. The molecule has 8 nitrogen and oxygen atoms in total. The summed E-state index contributed by atoms with van der Waals surface area (Å²) in [5.74, 6) is 0. The molecule has 1 aliphatic rings. The number of hydrogen-bond donors (Lipinski definition) is 0. The van der Waals surface area contributed by atoms with Crippen molar-refractivity contribution in [3.8, 4) is 0 Å². The number of ether oxygens (including phenoxy) is 1. The second-order valence-corrected chi connectivity index (χ2v) is 4.81.